The summed E-state index contributed by atoms with van der Waals surface area (Å²) in [6, 6.07) is 6.24. The molecule has 2 amide bonds. The number of carbonyl (C=O) groups is 2. The molecule has 8 nitrogen and oxygen atoms in total. The number of hydrogen-bond donors (Lipinski definition) is 2. The number of anilines is 1. The summed E-state index contributed by atoms with van der Waals surface area (Å²) in [6.45, 7) is 2.55. The van der Waals surface area contributed by atoms with Gasteiger partial charge in [0.1, 0.15) is 0 Å². The monoisotopic (exact) mass is 394 g/mol. The maximum Gasteiger partial charge on any atom is 0.243 e. The van der Waals surface area contributed by atoms with E-state index < -0.39 is 10.0 Å². The Hall–Kier alpha value is -1.97. The van der Waals surface area contributed by atoms with Crippen molar-refractivity contribution in [3.63, 3.8) is 0 Å². The third-order valence-corrected chi connectivity index (χ3v) is 7.03. The van der Waals surface area contributed by atoms with Gasteiger partial charge in [0, 0.05) is 25.3 Å². The van der Waals surface area contributed by atoms with Gasteiger partial charge in [0.25, 0.3) is 0 Å². The average molecular weight is 394 g/mol. The summed E-state index contributed by atoms with van der Waals surface area (Å²) in [6.07, 6.45) is 3.38. The molecule has 0 unspecified atom stereocenters. The van der Waals surface area contributed by atoms with Gasteiger partial charge in [0.15, 0.2) is 0 Å². The summed E-state index contributed by atoms with van der Waals surface area (Å²) in [5.74, 6) is -0.730. The molecule has 27 heavy (non-hydrogen) atoms. The summed E-state index contributed by atoms with van der Waals surface area (Å²) >= 11 is 0. The van der Waals surface area contributed by atoms with Gasteiger partial charge in [0.2, 0.25) is 21.8 Å². The van der Waals surface area contributed by atoms with Crippen LogP contribution in [-0.4, -0.2) is 62.2 Å². The zero-order valence-electron chi connectivity index (χ0n) is 15.3. The second-order valence-electron chi connectivity index (χ2n) is 7.16. The Morgan fingerprint density at radius 1 is 1.07 bits per heavy atom. The van der Waals surface area contributed by atoms with E-state index in [2.05, 4.69) is 5.32 Å². The van der Waals surface area contributed by atoms with E-state index in [9.17, 15) is 18.0 Å². The van der Waals surface area contributed by atoms with Gasteiger partial charge in [0.05, 0.1) is 17.4 Å². The first kappa shape index (κ1) is 19.8. The molecule has 2 aliphatic heterocycles. The number of rotatable bonds is 6. The van der Waals surface area contributed by atoms with Crippen LogP contribution in [0.3, 0.4) is 0 Å². The molecule has 3 rings (SSSR count). The van der Waals surface area contributed by atoms with Gasteiger partial charge in [-0.1, -0.05) is 0 Å². The number of primary amides is 1. The molecule has 0 saturated carbocycles. The fourth-order valence-corrected chi connectivity index (χ4v) is 5.14. The Morgan fingerprint density at radius 2 is 1.74 bits per heavy atom. The number of nitrogens with two attached hydrogens (primary N) is 1. The molecule has 2 saturated heterocycles. The third-order valence-electron chi connectivity index (χ3n) is 5.12. The molecule has 0 spiro atoms. The first-order chi connectivity index (χ1) is 12.9. The minimum atomic E-state index is -3.45. The highest BCUT2D eigenvalue weighted by molar-refractivity contribution is 7.89. The zero-order valence-corrected chi connectivity index (χ0v) is 16.1. The van der Waals surface area contributed by atoms with Crippen molar-refractivity contribution >= 4 is 27.5 Å². The van der Waals surface area contributed by atoms with Crippen LogP contribution in [0.5, 0.6) is 0 Å². The normalized spacial score (nSPS) is 21.9. The fraction of sp³-hybridized carbons (Fsp3) is 0.556. The van der Waals surface area contributed by atoms with E-state index in [1.54, 1.807) is 12.1 Å². The van der Waals surface area contributed by atoms with Crippen LogP contribution in [0.15, 0.2) is 29.2 Å². The predicted molar refractivity (Wildman–Crippen MR) is 101 cm³/mol. The molecule has 148 valence electrons. The maximum atomic E-state index is 12.5. The van der Waals surface area contributed by atoms with Crippen LogP contribution < -0.4 is 11.1 Å². The molecule has 0 radical (unpaired) electrons. The Kier molecular flexibility index (Phi) is 6.13. The van der Waals surface area contributed by atoms with E-state index in [1.807, 2.05) is 4.90 Å². The molecule has 1 aromatic carbocycles. The first-order valence-corrected chi connectivity index (χ1v) is 10.7. The molecule has 2 heterocycles. The largest absolute Gasteiger partial charge is 0.369 e. The summed E-state index contributed by atoms with van der Waals surface area (Å²) < 4.78 is 26.5. The number of likely N-dealkylation sites (tertiary alicyclic amines) is 1. The van der Waals surface area contributed by atoms with Gasteiger partial charge in [-0.15, -0.1) is 0 Å². The topological polar surface area (TPSA) is 113 Å². The minimum absolute atomic E-state index is 0.178. The summed E-state index contributed by atoms with van der Waals surface area (Å²) in [4.78, 5) is 25.7. The van der Waals surface area contributed by atoms with Crippen LogP contribution in [0.4, 0.5) is 5.69 Å². The number of nitrogens with zero attached hydrogens (tertiary/aromatic N) is 2. The van der Waals surface area contributed by atoms with Crippen molar-refractivity contribution in [3.8, 4) is 0 Å². The molecule has 3 N–H and O–H groups in total. The van der Waals surface area contributed by atoms with Gasteiger partial charge in [-0.2, -0.15) is 4.31 Å². The van der Waals surface area contributed by atoms with Crippen molar-refractivity contribution in [1.29, 1.82) is 0 Å². The van der Waals surface area contributed by atoms with E-state index in [0.717, 1.165) is 32.2 Å². The lowest BCUT2D eigenvalue weighted by molar-refractivity contribution is -0.125. The minimum Gasteiger partial charge on any atom is -0.369 e. The Morgan fingerprint density at radius 3 is 2.37 bits per heavy atom. The van der Waals surface area contributed by atoms with Gasteiger partial charge in [-0.3, -0.25) is 14.5 Å². The number of sulfonamides is 1. The highest BCUT2D eigenvalue weighted by Gasteiger charge is 2.27. The summed E-state index contributed by atoms with van der Waals surface area (Å²) in [5.41, 5.74) is 5.90. The number of amides is 2. The maximum absolute atomic E-state index is 12.5. The molecule has 0 bridgehead atoms. The van der Waals surface area contributed by atoms with Crippen LogP contribution >= 0.6 is 0 Å². The van der Waals surface area contributed by atoms with Gasteiger partial charge in [-0.05, 0) is 56.5 Å². The molecule has 0 aliphatic carbocycles. The Balaban J connectivity index is 1.56. The van der Waals surface area contributed by atoms with Crippen LogP contribution in [0.2, 0.25) is 0 Å². The second-order valence-corrected chi connectivity index (χ2v) is 9.10. The van der Waals surface area contributed by atoms with Crippen molar-refractivity contribution in [2.24, 2.45) is 11.7 Å². The molecule has 2 aliphatic rings. The smallest absolute Gasteiger partial charge is 0.243 e. The van der Waals surface area contributed by atoms with Crippen molar-refractivity contribution in [3.05, 3.63) is 24.3 Å². The van der Waals surface area contributed by atoms with Gasteiger partial charge in [-0.25, -0.2) is 8.42 Å². The molecule has 1 aromatic rings. The zero-order chi connectivity index (χ0) is 19.4. The lowest BCUT2D eigenvalue weighted by atomic mass is 9.97. The summed E-state index contributed by atoms with van der Waals surface area (Å²) in [5, 5.41) is 2.78. The Labute approximate surface area is 159 Å². The van der Waals surface area contributed by atoms with E-state index >= 15 is 0 Å². The Bertz CT molecular complexity index is 788. The standard InChI is InChI=1S/C18H26N4O4S/c19-18(24)14-4-3-9-21(12-14)13-17(23)20-15-5-7-16(8-6-15)27(25,26)22-10-1-2-11-22/h5-8,14H,1-4,9-13H2,(H2,19,24)(H,20,23)/t14-/m0/s1. The molecule has 9 heteroatoms. The number of hydrogen-bond acceptors (Lipinski definition) is 5. The lowest BCUT2D eigenvalue weighted by Crippen LogP contribution is -2.44. The highest BCUT2D eigenvalue weighted by atomic mass is 32.2. The molecule has 1 atom stereocenters. The van der Waals surface area contributed by atoms with Crippen LogP contribution in [-0.2, 0) is 19.6 Å². The quantitative estimate of drug-likeness (QED) is 0.734. The second kappa shape index (κ2) is 8.37. The first-order valence-electron chi connectivity index (χ1n) is 9.28. The number of nitrogens with one attached hydrogen (secondary N) is 1. The predicted octanol–water partition coefficient (Wildman–Crippen LogP) is 0.607. The van der Waals surface area contributed by atoms with E-state index in [-0.39, 0.29) is 29.2 Å². The van der Waals surface area contributed by atoms with Gasteiger partial charge < -0.3 is 11.1 Å². The van der Waals surface area contributed by atoms with E-state index in [1.165, 1.54) is 16.4 Å². The van der Waals surface area contributed by atoms with Gasteiger partial charge >= 0.3 is 0 Å². The van der Waals surface area contributed by atoms with Crippen LogP contribution in [0.25, 0.3) is 0 Å². The van der Waals surface area contributed by atoms with Crippen molar-refractivity contribution in [1.82, 2.24) is 9.21 Å². The number of benzene rings is 1. The summed E-state index contributed by atoms with van der Waals surface area (Å²) in [7, 11) is -3.45. The molecule has 0 aromatic heterocycles. The fourth-order valence-electron chi connectivity index (χ4n) is 3.62. The van der Waals surface area contributed by atoms with Crippen molar-refractivity contribution in [2.75, 3.05) is 38.0 Å². The average Bonchev–Trinajstić information content (AvgIpc) is 3.18. The van der Waals surface area contributed by atoms with Crippen molar-refractivity contribution < 1.29 is 18.0 Å². The van der Waals surface area contributed by atoms with Crippen LogP contribution in [0.1, 0.15) is 25.7 Å². The third kappa shape index (κ3) is 4.85. The highest BCUT2D eigenvalue weighted by Crippen LogP contribution is 2.22. The van der Waals surface area contributed by atoms with E-state index in [4.69, 9.17) is 5.73 Å². The van der Waals surface area contributed by atoms with Crippen molar-refractivity contribution in [2.45, 2.75) is 30.6 Å². The van der Waals surface area contributed by atoms with E-state index in [0.29, 0.717) is 25.3 Å². The number of piperidine rings is 1. The number of carbonyl (C=O) groups excluding carboxylic acids is 2. The molecule has 2 fully saturated rings. The molecular weight excluding hydrogens is 368 g/mol. The SMILES string of the molecule is NC(=O)[C@H]1CCCN(CC(=O)Nc2ccc(S(=O)(=O)N3CCCC3)cc2)C1. The molecular formula is C18H26N4O4S. The van der Waals surface area contributed by atoms with Crippen LogP contribution in [0, 0.1) is 5.92 Å². The lowest BCUT2D eigenvalue weighted by Gasteiger charge is -2.30.